The van der Waals surface area contributed by atoms with Crippen LogP contribution in [0.4, 0.5) is 0 Å². The number of methoxy groups -OCH3 is 1. The number of carboxylic acid groups (broad SMARTS) is 1. The molecule has 0 bridgehead atoms. The highest BCUT2D eigenvalue weighted by Gasteiger charge is 2.29. The molecule has 0 aliphatic heterocycles. The van der Waals surface area contributed by atoms with Gasteiger partial charge < -0.3 is 14.4 Å². The first-order chi connectivity index (χ1) is 11.0. The van der Waals surface area contributed by atoms with Gasteiger partial charge in [0.05, 0.1) is 11.7 Å². The molecule has 0 spiro atoms. The maximum atomic E-state index is 11.7. The van der Waals surface area contributed by atoms with Crippen LogP contribution < -0.4 is 0 Å². The van der Waals surface area contributed by atoms with Crippen molar-refractivity contribution in [2.24, 2.45) is 5.92 Å². The van der Waals surface area contributed by atoms with E-state index < -0.39 is 5.97 Å². The van der Waals surface area contributed by atoms with E-state index in [1.165, 1.54) is 0 Å². The molecule has 0 unspecified atom stereocenters. The fourth-order valence-electron chi connectivity index (χ4n) is 4.20. The van der Waals surface area contributed by atoms with Crippen molar-refractivity contribution in [3.05, 3.63) is 35.5 Å². The number of aromatic carboxylic acids is 1. The number of carboxylic acids is 1. The fourth-order valence-corrected chi connectivity index (χ4v) is 4.20. The van der Waals surface area contributed by atoms with Gasteiger partial charge in [0.25, 0.3) is 0 Å². The number of hydrogen-bond acceptors (Lipinski definition) is 2. The third-order valence-electron chi connectivity index (χ3n) is 5.51. The SMILES string of the molecule is COC1CCC([C@@H](C)n2c(C)c(C(=O)O)c3ccccc32)CC1. The van der Waals surface area contributed by atoms with Gasteiger partial charge in [0.2, 0.25) is 0 Å². The van der Waals surface area contributed by atoms with E-state index in [-0.39, 0.29) is 0 Å². The molecule has 23 heavy (non-hydrogen) atoms. The number of fused-ring (bicyclic) bond motifs is 1. The zero-order chi connectivity index (χ0) is 16.6. The molecular formula is C19H25NO3. The third kappa shape index (κ3) is 2.76. The molecule has 124 valence electrons. The summed E-state index contributed by atoms with van der Waals surface area (Å²) in [5, 5.41) is 10.4. The van der Waals surface area contributed by atoms with Crippen molar-refractivity contribution in [3.63, 3.8) is 0 Å². The summed E-state index contributed by atoms with van der Waals surface area (Å²) in [6.45, 7) is 4.16. The van der Waals surface area contributed by atoms with Crippen LogP contribution in [0.5, 0.6) is 0 Å². The molecule has 1 aromatic carbocycles. The quantitative estimate of drug-likeness (QED) is 0.909. The van der Waals surface area contributed by atoms with Gasteiger partial charge >= 0.3 is 5.97 Å². The fraction of sp³-hybridized carbons (Fsp3) is 0.526. The third-order valence-corrected chi connectivity index (χ3v) is 5.51. The second-order valence-electron chi connectivity index (χ2n) is 6.67. The zero-order valence-corrected chi connectivity index (χ0v) is 14.1. The Hall–Kier alpha value is -1.81. The smallest absolute Gasteiger partial charge is 0.338 e. The first-order valence-corrected chi connectivity index (χ1v) is 8.40. The van der Waals surface area contributed by atoms with Crippen molar-refractivity contribution < 1.29 is 14.6 Å². The Morgan fingerprint density at radius 3 is 2.52 bits per heavy atom. The van der Waals surface area contributed by atoms with Crippen LogP contribution in [0.3, 0.4) is 0 Å². The lowest BCUT2D eigenvalue weighted by molar-refractivity contribution is 0.0492. The molecule has 1 heterocycles. The Balaban J connectivity index is 1.99. The van der Waals surface area contributed by atoms with Gasteiger partial charge in [-0.05, 0) is 51.5 Å². The topological polar surface area (TPSA) is 51.5 Å². The number of ether oxygens (including phenoxy) is 1. The summed E-state index contributed by atoms with van der Waals surface area (Å²) in [6.07, 6.45) is 4.84. The molecule has 4 heteroatoms. The molecule has 1 aromatic heterocycles. The van der Waals surface area contributed by atoms with Crippen molar-refractivity contribution in [2.75, 3.05) is 7.11 Å². The predicted molar refractivity (Wildman–Crippen MR) is 91.1 cm³/mol. The minimum absolute atomic E-state index is 0.297. The minimum atomic E-state index is -0.840. The van der Waals surface area contributed by atoms with Crippen LogP contribution in [0, 0.1) is 12.8 Å². The van der Waals surface area contributed by atoms with Crippen LogP contribution in [-0.4, -0.2) is 28.9 Å². The molecule has 1 atom stereocenters. The van der Waals surface area contributed by atoms with E-state index in [0.29, 0.717) is 23.6 Å². The molecular weight excluding hydrogens is 290 g/mol. The van der Waals surface area contributed by atoms with Crippen molar-refractivity contribution in [1.82, 2.24) is 4.57 Å². The highest BCUT2D eigenvalue weighted by atomic mass is 16.5. The summed E-state index contributed by atoms with van der Waals surface area (Å²) < 4.78 is 7.70. The average molecular weight is 315 g/mol. The monoisotopic (exact) mass is 315 g/mol. The molecule has 3 rings (SSSR count). The Labute approximate surface area is 137 Å². The number of rotatable bonds is 4. The van der Waals surface area contributed by atoms with Gasteiger partial charge in [-0.25, -0.2) is 4.79 Å². The lowest BCUT2D eigenvalue weighted by atomic mass is 9.83. The van der Waals surface area contributed by atoms with Crippen LogP contribution in [0.25, 0.3) is 10.9 Å². The van der Waals surface area contributed by atoms with Gasteiger partial charge in [-0.3, -0.25) is 0 Å². The molecule has 2 aromatic rings. The Morgan fingerprint density at radius 2 is 1.91 bits per heavy atom. The van der Waals surface area contributed by atoms with E-state index in [9.17, 15) is 9.90 Å². The normalized spacial score (nSPS) is 23.1. The van der Waals surface area contributed by atoms with Crippen LogP contribution in [-0.2, 0) is 4.74 Å². The van der Waals surface area contributed by atoms with Crippen LogP contribution in [0.2, 0.25) is 0 Å². The van der Waals surface area contributed by atoms with Gasteiger partial charge in [-0.2, -0.15) is 0 Å². The number of para-hydroxylation sites is 1. The van der Waals surface area contributed by atoms with Crippen LogP contribution >= 0.6 is 0 Å². The molecule has 1 fully saturated rings. The van der Waals surface area contributed by atoms with Crippen LogP contribution in [0.15, 0.2) is 24.3 Å². The van der Waals surface area contributed by atoms with Crippen molar-refractivity contribution >= 4 is 16.9 Å². The maximum absolute atomic E-state index is 11.7. The highest BCUT2D eigenvalue weighted by Crippen LogP contribution is 2.38. The standard InChI is InChI=1S/C19H25NO3/c1-12(14-8-10-15(23-3)11-9-14)20-13(2)18(19(21)22)16-6-4-5-7-17(16)20/h4-7,12,14-15H,8-11H2,1-3H3,(H,21,22)/t12-,14?,15?/m1/s1. The average Bonchev–Trinajstić information content (AvgIpc) is 2.86. The lowest BCUT2D eigenvalue weighted by Gasteiger charge is -2.33. The second-order valence-corrected chi connectivity index (χ2v) is 6.67. The molecule has 0 radical (unpaired) electrons. The summed E-state index contributed by atoms with van der Waals surface area (Å²) in [5.74, 6) is -0.273. The van der Waals surface area contributed by atoms with Gasteiger partial charge in [0.1, 0.15) is 0 Å². The molecule has 1 N–H and O–H groups in total. The summed E-state index contributed by atoms with van der Waals surface area (Å²) in [7, 11) is 1.79. The summed E-state index contributed by atoms with van der Waals surface area (Å²) in [5.41, 5.74) is 2.34. The Morgan fingerprint density at radius 1 is 1.26 bits per heavy atom. The highest BCUT2D eigenvalue weighted by molar-refractivity contribution is 6.05. The molecule has 1 aliphatic rings. The number of hydrogen-bond donors (Lipinski definition) is 1. The van der Waals surface area contributed by atoms with Crippen molar-refractivity contribution in [2.45, 2.75) is 51.7 Å². The lowest BCUT2D eigenvalue weighted by Crippen LogP contribution is -2.26. The number of aromatic nitrogens is 1. The molecule has 4 nitrogen and oxygen atoms in total. The largest absolute Gasteiger partial charge is 0.478 e. The van der Waals surface area contributed by atoms with E-state index in [2.05, 4.69) is 11.5 Å². The molecule has 0 amide bonds. The van der Waals surface area contributed by atoms with Gasteiger partial charge in [-0.15, -0.1) is 0 Å². The van der Waals surface area contributed by atoms with Crippen LogP contribution in [0.1, 0.15) is 54.7 Å². The number of benzene rings is 1. The van der Waals surface area contributed by atoms with E-state index in [1.54, 1.807) is 7.11 Å². The predicted octanol–water partition coefficient (Wildman–Crippen LogP) is 4.41. The first-order valence-electron chi connectivity index (χ1n) is 8.40. The zero-order valence-electron chi connectivity index (χ0n) is 14.1. The minimum Gasteiger partial charge on any atom is -0.478 e. The molecule has 1 aliphatic carbocycles. The number of nitrogens with zero attached hydrogens (tertiary/aromatic N) is 1. The van der Waals surface area contributed by atoms with E-state index >= 15 is 0 Å². The number of carbonyl (C=O) groups is 1. The van der Waals surface area contributed by atoms with Gasteiger partial charge in [0, 0.05) is 29.7 Å². The van der Waals surface area contributed by atoms with E-state index in [4.69, 9.17) is 4.74 Å². The Bertz CT molecular complexity index is 711. The summed E-state index contributed by atoms with van der Waals surface area (Å²) in [6, 6.07) is 8.14. The second kappa shape index (κ2) is 6.36. The molecule has 1 saturated carbocycles. The Kier molecular flexibility index (Phi) is 4.44. The van der Waals surface area contributed by atoms with Crippen molar-refractivity contribution in [1.29, 1.82) is 0 Å². The van der Waals surface area contributed by atoms with E-state index in [0.717, 1.165) is 42.3 Å². The van der Waals surface area contributed by atoms with Gasteiger partial charge in [-0.1, -0.05) is 18.2 Å². The van der Waals surface area contributed by atoms with Gasteiger partial charge in [0.15, 0.2) is 0 Å². The van der Waals surface area contributed by atoms with E-state index in [1.807, 2.05) is 31.2 Å². The first kappa shape index (κ1) is 16.1. The summed E-state index contributed by atoms with van der Waals surface area (Å²) in [4.78, 5) is 11.7. The van der Waals surface area contributed by atoms with Crippen molar-refractivity contribution in [3.8, 4) is 0 Å². The molecule has 0 saturated heterocycles. The maximum Gasteiger partial charge on any atom is 0.338 e. The summed E-state index contributed by atoms with van der Waals surface area (Å²) >= 11 is 0.